The van der Waals surface area contributed by atoms with E-state index in [-0.39, 0.29) is 44.4 Å². The summed E-state index contributed by atoms with van der Waals surface area (Å²) in [7, 11) is 3.85. The van der Waals surface area contributed by atoms with Gasteiger partial charge in [0.2, 0.25) is 0 Å². The number of cyclic esters (lactones) is 1. The van der Waals surface area contributed by atoms with E-state index in [2.05, 4.69) is 35.6 Å². The van der Waals surface area contributed by atoms with E-state index in [1.54, 1.807) is 25.2 Å². The molecule has 14 nitrogen and oxygen atoms in total. The Morgan fingerprint density at radius 3 is 2.56 bits per heavy atom. The highest BCUT2D eigenvalue weighted by molar-refractivity contribution is 7.08. The third kappa shape index (κ3) is 11.0. The molecular weight excluding hydrogens is 827 g/mol. The van der Waals surface area contributed by atoms with E-state index in [4.69, 9.17) is 33.2 Å². The second kappa shape index (κ2) is 20.6. The lowest BCUT2D eigenvalue weighted by Gasteiger charge is -2.49. The quantitative estimate of drug-likeness (QED) is 0.132. The van der Waals surface area contributed by atoms with Gasteiger partial charge in [-0.2, -0.15) is 11.3 Å². The number of ether oxygens (including phenoxy) is 7. The Labute approximate surface area is 377 Å². The first-order valence-corrected chi connectivity index (χ1v) is 23.3. The Hall–Kier alpha value is -3.83. The Kier molecular flexibility index (Phi) is 15.9. The van der Waals surface area contributed by atoms with Crippen LogP contribution in [0.4, 0.5) is 9.59 Å². The van der Waals surface area contributed by atoms with Gasteiger partial charge in [0.15, 0.2) is 11.9 Å². The maximum Gasteiger partial charge on any atom is 0.408 e. The lowest BCUT2D eigenvalue weighted by atomic mass is 9.71. The molecule has 3 N–H and O–H groups in total. The number of alkyl carbamates (subject to hydrolysis) is 2. The molecule has 1 aromatic carbocycles. The van der Waals surface area contributed by atoms with Crippen LogP contribution in [0.15, 0.2) is 64.9 Å². The third-order valence-corrected chi connectivity index (χ3v) is 14.3. The van der Waals surface area contributed by atoms with Crippen molar-refractivity contribution in [1.82, 2.24) is 15.5 Å². The van der Waals surface area contributed by atoms with Crippen molar-refractivity contribution in [3.63, 3.8) is 0 Å². The van der Waals surface area contributed by atoms with Gasteiger partial charge in [0.05, 0.1) is 49.1 Å². The SMILES string of the molecule is C=C1COC2[C@@H](C)C(=O)O[C@H](CC)[C@@]3(C)OC(=O)NC3[C@@H](C)/C(=C/COC(=O)NCc3cccc(-c4ccsc4)c3)[C@H](C)C[C@@](C)(OC1)[C@H](OC1O[C@H](C)C[C@H](N(C)C)[C@H]1O)[C@H]2C. The van der Waals surface area contributed by atoms with Crippen LogP contribution in [-0.2, 0) is 44.5 Å². The molecule has 1 aromatic heterocycles. The van der Waals surface area contributed by atoms with Crippen molar-refractivity contribution < 1.29 is 52.6 Å². The topological polar surface area (TPSA) is 163 Å². The summed E-state index contributed by atoms with van der Waals surface area (Å²) in [6.45, 7) is 20.2. The van der Waals surface area contributed by atoms with Gasteiger partial charge in [-0.05, 0) is 118 Å². The van der Waals surface area contributed by atoms with Gasteiger partial charge in [-0.1, -0.05) is 58.0 Å². The molecule has 14 atom stereocenters. The molecule has 2 aromatic rings. The Morgan fingerprint density at radius 1 is 1.10 bits per heavy atom. The number of hydrogen-bond donors (Lipinski definition) is 3. The number of amides is 2. The average molecular weight is 896 g/mol. The molecule has 348 valence electrons. The maximum absolute atomic E-state index is 14.4. The van der Waals surface area contributed by atoms with Crippen LogP contribution in [0.5, 0.6) is 0 Å². The molecule has 2 bridgehead atoms. The monoisotopic (exact) mass is 895 g/mol. The molecule has 5 heterocycles. The van der Waals surface area contributed by atoms with E-state index in [0.717, 1.165) is 22.3 Å². The van der Waals surface area contributed by atoms with Crippen molar-refractivity contribution in [2.24, 2.45) is 23.7 Å². The van der Waals surface area contributed by atoms with Crippen LogP contribution in [-0.4, -0.2) is 122 Å². The van der Waals surface area contributed by atoms with Crippen LogP contribution in [0.25, 0.3) is 11.1 Å². The average Bonchev–Trinajstić information content (AvgIpc) is 3.90. The lowest BCUT2D eigenvalue weighted by Crippen LogP contribution is -2.60. The zero-order chi connectivity index (χ0) is 45.8. The highest BCUT2D eigenvalue weighted by Gasteiger charge is 2.57. The molecule has 15 heteroatoms. The first kappa shape index (κ1) is 48.6. The van der Waals surface area contributed by atoms with Crippen LogP contribution in [0.1, 0.15) is 80.2 Å². The molecule has 4 aliphatic rings. The molecule has 4 fully saturated rings. The number of benzene rings is 1. The number of aliphatic hydroxyl groups excluding tert-OH is 1. The fourth-order valence-corrected chi connectivity index (χ4v) is 10.9. The summed E-state index contributed by atoms with van der Waals surface area (Å²) < 4.78 is 45.0. The second-order valence-electron chi connectivity index (χ2n) is 18.7. The van der Waals surface area contributed by atoms with Crippen molar-refractivity contribution >= 4 is 29.5 Å². The van der Waals surface area contributed by atoms with Crippen molar-refractivity contribution in [1.29, 1.82) is 0 Å². The fraction of sp³-hybridized carbons (Fsp3) is 0.646. The molecule has 63 heavy (non-hydrogen) atoms. The number of thiophene rings is 1. The third-order valence-electron chi connectivity index (χ3n) is 13.6. The predicted molar refractivity (Wildman–Crippen MR) is 240 cm³/mol. The Morgan fingerprint density at radius 2 is 1.86 bits per heavy atom. The van der Waals surface area contributed by atoms with Crippen molar-refractivity contribution in [3.8, 4) is 11.1 Å². The van der Waals surface area contributed by atoms with Gasteiger partial charge < -0.3 is 53.8 Å². The minimum Gasteiger partial charge on any atom is -0.458 e. The van der Waals surface area contributed by atoms with Gasteiger partial charge in [0.1, 0.15) is 18.8 Å². The van der Waals surface area contributed by atoms with Crippen LogP contribution < -0.4 is 10.6 Å². The summed E-state index contributed by atoms with van der Waals surface area (Å²) in [5, 5.41) is 21.8. The van der Waals surface area contributed by atoms with Crippen molar-refractivity contribution in [3.05, 3.63) is 70.5 Å². The summed E-state index contributed by atoms with van der Waals surface area (Å²) in [6.07, 6.45) is -2.56. The molecule has 3 unspecified atom stereocenters. The molecule has 4 saturated heterocycles. The van der Waals surface area contributed by atoms with Gasteiger partial charge in [-0.3, -0.25) is 4.79 Å². The number of rotatable bonds is 9. The number of hydrogen-bond acceptors (Lipinski definition) is 13. The number of aliphatic hydroxyl groups is 1. The smallest absolute Gasteiger partial charge is 0.408 e. The minimum atomic E-state index is -1.26. The summed E-state index contributed by atoms with van der Waals surface area (Å²) >= 11 is 1.63. The van der Waals surface area contributed by atoms with Gasteiger partial charge in [-0.25, -0.2) is 9.59 Å². The maximum atomic E-state index is 14.4. The van der Waals surface area contributed by atoms with Crippen LogP contribution in [0, 0.1) is 23.7 Å². The van der Waals surface area contributed by atoms with Gasteiger partial charge >= 0.3 is 18.2 Å². The number of fused-ring (bicyclic) bond motifs is 4. The molecule has 6 rings (SSSR count). The normalized spacial score (nSPS) is 37.5. The predicted octanol–water partition coefficient (Wildman–Crippen LogP) is 7.25. The lowest BCUT2D eigenvalue weighted by molar-refractivity contribution is -0.302. The van der Waals surface area contributed by atoms with E-state index in [0.29, 0.717) is 24.8 Å². The largest absolute Gasteiger partial charge is 0.458 e. The molecular formula is C48H69N3O11S. The van der Waals surface area contributed by atoms with Crippen LogP contribution in [0.2, 0.25) is 0 Å². The number of carbonyl (C=O) groups is 3. The summed E-state index contributed by atoms with van der Waals surface area (Å²) in [5.74, 6) is -2.52. The van der Waals surface area contributed by atoms with Crippen LogP contribution in [0.3, 0.4) is 0 Å². The van der Waals surface area contributed by atoms with E-state index in [1.165, 1.54) is 0 Å². The van der Waals surface area contributed by atoms with Gasteiger partial charge in [-0.15, -0.1) is 0 Å². The van der Waals surface area contributed by atoms with Crippen LogP contribution >= 0.6 is 11.3 Å². The first-order chi connectivity index (χ1) is 29.8. The van der Waals surface area contributed by atoms with E-state index >= 15 is 0 Å². The molecule has 0 saturated carbocycles. The van der Waals surface area contributed by atoms with E-state index in [1.807, 2.05) is 89.3 Å². The van der Waals surface area contributed by atoms with Crippen molar-refractivity contribution in [2.45, 2.75) is 141 Å². The highest BCUT2D eigenvalue weighted by Crippen LogP contribution is 2.44. The van der Waals surface area contributed by atoms with E-state index in [9.17, 15) is 19.5 Å². The standard InChI is InChI=1S/C48H69N3O11S/c1-12-38-48(9)41(50-46(55)62-48)30(5)36(16-18-56-45(54)49-23-33-14-13-15-34(21-33)35-17-19-63-26-35)28(3)22-47(8)42(61-44-39(52)37(51(10)11)20-29(4)59-44)31(6)40(32(7)43(53)60-38)57-24-27(2)25-58-47/h13-17,19,21,26,28-32,37-42,44,52H,2,12,18,20,22-25H2,1,3-11H3,(H,49,54)(H,50,55)/b36-16+/t28-,29-,30+,31+,32-,37+,38-,39-,40?,41?,42-,44?,47-,48-/m1/s1. The molecule has 4 aliphatic heterocycles. The molecule has 2 amide bonds. The fourth-order valence-electron chi connectivity index (χ4n) is 10.2. The number of nitrogens with one attached hydrogen (secondary N) is 2. The number of esters is 1. The van der Waals surface area contributed by atoms with Gasteiger partial charge in [0.25, 0.3) is 0 Å². The zero-order valence-electron chi connectivity index (χ0n) is 38.6. The Bertz CT molecular complexity index is 1940. The minimum absolute atomic E-state index is 0.0702. The van der Waals surface area contributed by atoms with Crippen molar-refractivity contribution in [2.75, 3.05) is 33.9 Å². The second-order valence-corrected chi connectivity index (χ2v) is 19.5. The molecule has 0 radical (unpaired) electrons. The summed E-state index contributed by atoms with van der Waals surface area (Å²) in [4.78, 5) is 42.8. The highest BCUT2D eigenvalue weighted by atomic mass is 32.1. The summed E-state index contributed by atoms with van der Waals surface area (Å²) in [5.41, 5.74) is 2.29. The zero-order valence-corrected chi connectivity index (χ0v) is 39.4. The Balaban J connectivity index is 1.36. The summed E-state index contributed by atoms with van der Waals surface area (Å²) in [6, 6.07) is 9.19. The first-order valence-electron chi connectivity index (χ1n) is 22.3. The van der Waals surface area contributed by atoms with E-state index < -0.39 is 83.9 Å². The number of likely N-dealkylation sites (N-methyl/N-ethyl adjacent to an activating group) is 1. The molecule has 0 aliphatic carbocycles. The van der Waals surface area contributed by atoms with Gasteiger partial charge in [0, 0.05) is 24.4 Å². The molecule has 0 spiro atoms. The number of nitrogens with zero attached hydrogens (tertiary/aromatic N) is 1. The number of carbonyl (C=O) groups excluding carboxylic acids is 3.